The summed E-state index contributed by atoms with van der Waals surface area (Å²) in [7, 11) is 0. The van der Waals surface area contributed by atoms with Crippen molar-refractivity contribution in [3.8, 4) is 0 Å². The summed E-state index contributed by atoms with van der Waals surface area (Å²) in [4.78, 5) is 47.8. The smallest absolute Gasteiger partial charge is 0.410 e. The van der Waals surface area contributed by atoms with Gasteiger partial charge in [-0.1, -0.05) is 76.0 Å². The Morgan fingerprint density at radius 1 is 0.776 bits per heavy atom. The maximum atomic E-state index is 13.4. The topological polar surface area (TPSA) is 247 Å². The van der Waals surface area contributed by atoms with E-state index in [2.05, 4.69) is 30.1 Å². The Hall–Kier alpha value is -5.50. The maximum Gasteiger partial charge on any atom is 0.410 e. The molecule has 4 rings (SSSR count). The molecule has 1 aliphatic heterocycles. The SMILES string of the molecule is CC(=O)O[C@@H]1[C@@H](OC(C)=O)[C@H](N=[N+]=[N-])C[C@H](N=[N+]=[N-])[C@H]1O[C@H]1O[C@H](CN(Cc2ccccc2)C(=O)OCc2ccccc2)CC[C@H]1N=[N+]=[N-]. The van der Waals surface area contributed by atoms with Crippen molar-refractivity contribution in [1.29, 1.82) is 0 Å². The highest BCUT2D eigenvalue weighted by molar-refractivity contribution is 5.68. The first-order valence-electron chi connectivity index (χ1n) is 15.5. The zero-order chi connectivity index (χ0) is 35.2. The summed E-state index contributed by atoms with van der Waals surface area (Å²) < 4.78 is 29.2. The minimum Gasteiger partial charge on any atom is -0.458 e. The van der Waals surface area contributed by atoms with Crippen molar-refractivity contribution in [1.82, 2.24) is 4.90 Å². The third kappa shape index (κ3) is 10.5. The van der Waals surface area contributed by atoms with Crippen LogP contribution in [0.25, 0.3) is 31.3 Å². The van der Waals surface area contributed by atoms with Crippen molar-refractivity contribution in [2.24, 2.45) is 15.3 Å². The lowest BCUT2D eigenvalue weighted by atomic mass is 9.84. The summed E-state index contributed by atoms with van der Waals surface area (Å²) >= 11 is 0. The number of esters is 2. The highest BCUT2D eigenvalue weighted by Gasteiger charge is 2.51. The lowest BCUT2D eigenvalue weighted by molar-refractivity contribution is -0.259. The minimum absolute atomic E-state index is 0.0571. The Kier molecular flexibility index (Phi) is 13.5. The molecule has 0 spiro atoms. The van der Waals surface area contributed by atoms with Crippen LogP contribution in [-0.4, -0.2) is 78.3 Å². The normalized spacial score (nSPS) is 26.0. The van der Waals surface area contributed by atoms with Crippen LogP contribution in [-0.2, 0) is 46.4 Å². The molecule has 18 heteroatoms. The zero-order valence-corrected chi connectivity index (χ0v) is 26.9. The summed E-state index contributed by atoms with van der Waals surface area (Å²) in [5.74, 6) is -1.53. The number of carbonyl (C=O) groups excluding carboxylic acids is 3. The Labute approximate surface area is 281 Å². The highest BCUT2D eigenvalue weighted by atomic mass is 16.7. The van der Waals surface area contributed by atoms with Gasteiger partial charge < -0.3 is 28.6 Å². The Bertz CT molecular complexity index is 1580. The first-order chi connectivity index (χ1) is 23.7. The largest absolute Gasteiger partial charge is 0.458 e. The fraction of sp³-hybridized carbons (Fsp3) is 0.516. The number of carbonyl (C=O) groups is 3. The summed E-state index contributed by atoms with van der Waals surface area (Å²) in [6.45, 7) is 2.59. The molecule has 1 saturated carbocycles. The molecule has 8 atom stereocenters. The van der Waals surface area contributed by atoms with E-state index in [0.717, 1.165) is 25.0 Å². The molecule has 0 aromatic heterocycles. The molecular weight excluding hydrogens is 640 g/mol. The molecule has 0 bridgehead atoms. The van der Waals surface area contributed by atoms with E-state index in [4.69, 9.17) is 23.7 Å². The second-order valence-electron chi connectivity index (χ2n) is 11.4. The van der Waals surface area contributed by atoms with Crippen LogP contribution in [0.5, 0.6) is 0 Å². The van der Waals surface area contributed by atoms with E-state index in [-0.39, 0.29) is 32.5 Å². The average Bonchev–Trinajstić information content (AvgIpc) is 3.08. The monoisotopic (exact) mass is 676 g/mol. The molecule has 2 aromatic carbocycles. The van der Waals surface area contributed by atoms with Crippen LogP contribution in [0.2, 0.25) is 0 Å². The van der Waals surface area contributed by atoms with Gasteiger partial charge in [-0.3, -0.25) is 9.59 Å². The van der Waals surface area contributed by atoms with E-state index in [1.807, 2.05) is 60.7 Å². The first kappa shape index (κ1) is 36.3. The van der Waals surface area contributed by atoms with E-state index in [1.54, 1.807) is 0 Å². The highest BCUT2D eigenvalue weighted by Crippen LogP contribution is 2.35. The van der Waals surface area contributed by atoms with Crippen LogP contribution in [0.1, 0.15) is 44.2 Å². The summed E-state index contributed by atoms with van der Waals surface area (Å²) in [5, 5.41) is 11.3. The van der Waals surface area contributed by atoms with Crippen molar-refractivity contribution in [3.63, 3.8) is 0 Å². The molecule has 2 aromatic rings. The third-order valence-corrected chi connectivity index (χ3v) is 7.91. The van der Waals surface area contributed by atoms with Crippen LogP contribution in [0.4, 0.5) is 4.79 Å². The van der Waals surface area contributed by atoms with Gasteiger partial charge >= 0.3 is 18.0 Å². The molecule has 2 aliphatic rings. The van der Waals surface area contributed by atoms with Gasteiger partial charge in [-0.05, 0) is 47.0 Å². The van der Waals surface area contributed by atoms with Gasteiger partial charge in [0.05, 0.1) is 30.8 Å². The number of hydrogen-bond acceptors (Lipinski definition) is 11. The van der Waals surface area contributed by atoms with Crippen LogP contribution in [0, 0.1) is 0 Å². The molecule has 49 heavy (non-hydrogen) atoms. The fourth-order valence-electron chi connectivity index (χ4n) is 5.83. The molecule has 0 N–H and O–H groups in total. The van der Waals surface area contributed by atoms with Gasteiger partial charge in [-0.15, -0.1) is 0 Å². The second-order valence-corrected chi connectivity index (χ2v) is 11.4. The fourth-order valence-corrected chi connectivity index (χ4v) is 5.83. The van der Waals surface area contributed by atoms with Crippen LogP contribution >= 0.6 is 0 Å². The van der Waals surface area contributed by atoms with Crippen molar-refractivity contribution in [3.05, 3.63) is 103 Å². The Balaban J connectivity index is 1.60. The molecule has 1 aliphatic carbocycles. The number of ether oxygens (including phenoxy) is 5. The molecule has 1 heterocycles. The van der Waals surface area contributed by atoms with Gasteiger partial charge in [0.2, 0.25) is 0 Å². The van der Waals surface area contributed by atoms with E-state index in [1.165, 1.54) is 4.90 Å². The van der Waals surface area contributed by atoms with Gasteiger partial charge in [0, 0.05) is 35.1 Å². The maximum absolute atomic E-state index is 13.4. The predicted octanol–water partition coefficient (Wildman–Crippen LogP) is 6.02. The van der Waals surface area contributed by atoms with Gasteiger partial charge in [-0.25, -0.2) is 4.79 Å². The van der Waals surface area contributed by atoms with Crippen LogP contribution in [0.3, 0.4) is 0 Å². The molecule has 0 radical (unpaired) electrons. The number of benzene rings is 2. The van der Waals surface area contributed by atoms with E-state index < -0.39 is 66.9 Å². The lowest BCUT2D eigenvalue weighted by Gasteiger charge is -2.45. The Morgan fingerprint density at radius 3 is 1.92 bits per heavy atom. The van der Waals surface area contributed by atoms with E-state index in [9.17, 15) is 31.0 Å². The number of hydrogen-bond donors (Lipinski definition) is 0. The van der Waals surface area contributed by atoms with Crippen molar-refractivity contribution >= 4 is 18.0 Å². The number of azide groups is 3. The molecule has 1 amide bonds. The first-order valence-corrected chi connectivity index (χ1v) is 15.5. The van der Waals surface area contributed by atoms with Crippen molar-refractivity contribution in [2.75, 3.05) is 6.54 Å². The van der Waals surface area contributed by atoms with Crippen molar-refractivity contribution < 1.29 is 38.1 Å². The summed E-state index contributed by atoms with van der Waals surface area (Å²) in [5.41, 5.74) is 29.5. The summed E-state index contributed by atoms with van der Waals surface area (Å²) in [6, 6.07) is 15.5. The van der Waals surface area contributed by atoms with Gasteiger partial charge in [-0.2, -0.15) is 0 Å². The number of amides is 1. The quantitative estimate of drug-likeness (QED) is 0.0795. The average molecular weight is 677 g/mol. The van der Waals surface area contributed by atoms with Crippen LogP contribution < -0.4 is 0 Å². The van der Waals surface area contributed by atoms with Gasteiger partial charge in [0.1, 0.15) is 18.8 Å². The summed E-state index contributed by atoms with van der Waals surface area (Å²) in [6.07, 6.45) is -5.97. The molecule has 258 valence electrons. The molecular formula is C31H36N10O8. The van der Waals surface area contributed by atoms with Gasteiger partial charge in [0.15, 0.2) is 12.4 Å². The molecule has 1 saturated heterocycles. The van der Waals surface area contributed by atoms with E-state index in [0.29, 0.717) is 6.42 Å². The minimum atomic E-state index is -1.40. The van der Waals surface area contributed by atoms with E-state index >= 15 is 0 Å². The lowest BCUT2D eigenvalue weighted by Crippen LogP contribution is -2.60. The van der Waals surface area contributed by atoms with Crippen LogP contribution in [0.15, 0.2) is 76.0 Å². The molecule has 0 unspecified atom stereocenters. The second kappa shape index (κ2) is 18.2. The standard InChI is InChI=1S/C31H36N10O8/c1-19(42)46-27-25(36-39-33)15-26(37-40-34)28(29(27)47-20(2)43)49-30-24(35-38-32)14-13-23(48-30)17-41(16-21-9-5-3-6-10-21)31(44)45-18-22-11-7-4-8-12-22/h3-12,23-30H,13-18H2,1-2H3/t23-,24+,25+,26-,27-,28+,29+,30+/m0/s1. The van der Waals surface area contributed by atoms with Crippen molar-refractivity contribution in [2.45, 2.75) is 95.1 Å². The number of nitrogens with zero attached hydrogens (tertiary/aromatic N) is 10. The molecule has 18 nitrogen and oxygen atoms in total. The zero-order valence-electron chi connectivity index (χ0n) is 26.9. The number of rotatable bonds is 13. The predicted molar refractivity (Wildman–Crippen MR) is 171 cm³/mol. The molecule has 2 fully saturated rings. The third-order valence-electron chi connectivity index (χ3n) is 7.91. The Morgan fingerprint density at radius 2 is 1.33 bits per heavy atom. The van der Waals surface area contributed by atoms with Gasteiger partial charge in [0.25, 0.3) is 0 Å².